The van der Waals surface area contributed by atoms with Crippen LogP contribution < -0.4 is 5.32 Å². The molecule has 1 heterocycles. The smallest absolute Gasteiger partial charge is 0.0804 e. The molecule has 2 heteroatoms. The van der Waals surface area contributed by atoms with Crippen LogP contribution >= 0.6 is 0 Å². The molecule has 0 bridgehead atoms. The molecule has 1 fully saturated rings. The van der Waals surface area contributed by atoms with Crippen LogP contribution in [0.5, 0.6) is 0 Å². The molecule has 0 saturated heterocycles. The van der Waals surface area contributed by atoms with Gasteiger partial charge in [0.1, 0.15) is 0 Å². The first-order chi connectivity index (χ1) is 10.4. The number of hydrogen-bond donors (Lipinski definition) is 1. The summed E-state index contributed by atoms with van der Waals surface area (Å²) in [6.45, 7) is 3.21. The standard InChI is InChI=1S/C19H20N2/c1-2-11-20-18-12-17(14-7-8-14)21-19-15-6-4-3-5-13(15)9-10-16(18)19/h3-6,9-10,12,14H,2,7-8,11H2,1H3,(H,20,21). The Morgan fingerprint density at radius 3 is 2.76 bits per heavy atom. The van der Waals surface area contributed by atoms with Crippen molar-refractivity contribution in [3.8, 4) is 0 Å². The second kappa shape index (κ2) is 5.03. The number of pyridine rings is 1. The lowest BCUT2D eigenvalue weighted by Crippen LogP contribution is -2.02. The first-order valence-corrected chi connectivity index (χ1v) is 7.93. The topological polar surface area (TPSA) is 24.9 Å². The van der Waals surface area contributed by atoms with Crippen LogP contribution in [0.4, 0.5) is 5.69 Å². The first-order valence-electron chi connectivity index (χ1n) is 7.93. The second-order valence-corrected chi connectivity index (χ2v) is 5.98. The van der Waals surface area contributed by atoms with Crippen molar-refractivity contribution in [3.05, 3.63) is 48.2 Å². The zero-order valence-corrected chi connectivity index (χ0v) is 12.4. The molecule has 0 radical (unpaired) electrons. The molecule has 0 amide bonds. The van der Waals surface area contributed by atoms with Crippen LogP contribution in [0.2, 0.25) is 0 Å². The summed E-state index contributed by atoms with van der Waals surface area (Å²) in [5.41, 5.74) is 3.66. The minimum atomic E-state index is 0.676. The second-order valence-electron chi connectivity index (χ2n) is 5.98. The monoisotopic (exact) mass is 276 g/mol. The summed E-state index contributed by atoms with van der Waals surface area (Å²) in [6.07, 6.45) is 3.71. The van der Waals surface area contributed by atoms with Gasteiger partial charge in [-0.1, -0.05) is 43.3 Å². The fourth-order valence-corrected chi connectivity index (χ4v) is 2.97. The Labute approximate surface area is 125 Å². The minimum absolute atomic E-state index is 0.676. The van der Waals surface area contributed by atoms with Crippen LogP contribution in [0, 0.1) is 0 Å². The Kier molecular flexibility index (Phi) is 3.03. The van der Waals surface area contributed by atoms with Gasteiger partial charge >= 0.3 is 0 Å². The molecule has 21 heavy (non-hydrogen) atoms. The lowest BCUT2D eigenvalue weighted by atomic mass is 10.0. The van der Waals surface area contributed by atoms with Gasteiger partial charge in [-0.25, -0.2) is 0 Å². The van der Waals surface area contributed by atoms with E-state index in [0.717, 1.165) is 18.5 Å². The average Bonchev–Trinajstić information content (AvgIpc) is 3.37. The summed E-state index contributed by atoms with van der Waals surface area (Å²) < 4.78 is 0. The molecule has 106 valence electrons. The zero-order chi connectivity index (χ0) is 14.2. The van der Waals surface area contributed by atoms with Gasteiger partial charge in [0, 0.05) is 34.6 Å². The maximum absolute atomic E-state index is 4.99. The maximum atomic E-state index is 4.99. The summed E-state index contributed by atoms with van der Waals surface area (Å²) in [6, 6.07) is 15.2. The Morgan fingerprint density at radius 1 is 1.10 bits per heavy atom. The fourth-order valence-electron chi connectivity index (χ4n) is 2.97. The number of nitrogens with one attached hydrogen (secondary N) is 1. The number of aromatic nitrogens is 1. The van der Waals surface area contributed by atoms with Gasteiger partial charge in [-0.15, -0.1) is 0 Å². The highest BCUT2D eigenvalue weighted by Gasteiger charge is 2.26. The number of benzene rings is 2. The molecule has 2 nitrogen and oxygen atoms in total. The summed E-state index contributed by atoms with van der Waals surface area (Å²) in [7, 11) is 0. The number of fused-ring (bicyclic) bond motifs is 3. The van der Waals surface area contributed by atoms with E-state index in [0.29, 0.717) is 5.92 Å². The van der Waals surface area contributed by atoms with Crippen molar-refractivity contribution < 1.29 is 0 Å². The highest BCUT2D eigenvalue weighted by Crippen LogP contribution is 2.41. The molecule has 1 saturated carbocycles. The third kappa shape index (κ3) is 2.25. The van der Waals surface area contributed by atoms with Gasteiger partial charge in [-0.2, -0.15) is 0 Å². The van der Waals surface area contributed by atoms with E-state index >= 15 is 0 Å². The first kappa shape index (κ1) is 12.6. The van der Waals surface area contributed by atoms with E-state index in [1.54, 1.807) is 0 Å². The van der Waals surface area contributed by atoms with Gasteiger partial charge in [0.05, 0.1) is 5.52 Å². The summed E-state index contributed by atoms with van der Waals surface area (Å²) in [5, 5.41) is 7.36. The van der Waals surface area contributed by atoms with Crippen LogP contribution in [0.1, 0.15) is 37.8 Å². The molecule has 1 aromatic heterocycles. The highest BCUT2D eigenvalue weighted by molar-refractivity contribution is 6.09. The molecule has 2 aromatic carbocycles. The van der Waals surface area contributed by atoms with Gasteiger partial charge in [0.15, 0.2) is 0 Å². The zero-order valence-electron chi connectivity index (χ0n) is 12.4. The van der Waals surface area contributed by atoms with Crippen molar-refractivity contribution in [1.82, 2.24) is 4.98 Å². The third-order valence-corrected chi connectivity index (χ3v) is 4.28. The van der Waals surface area contributed by atoms with Gasteiger partial charge in [-0.05, 0) is 30.7 Å². The summed E-state index contributed by atoms with van der Waals surface area (Å²) >= 11 is 0. The Bertz CT molecular complexity index is 803. The van der Waals surface area contributed by atoms with Crippen molar-refractivity contribution in [3.63, 3.8) is 0 Å². The van der Waals surface area contributed by atoms with Crippen molar-refractivity contribution in [2.75, 3.05) is 11.9 Å². The van der Waals surface area contributed by atoms with Gasteiger partial charge in [-0.3, -0.25) is 4.98 Å². The lowest BCUT2D eigenvalue weighted by Gasteiger charge is -2.13. The highest BCUT2D eigenvalue weighted by atomic mass is 14.9. The molecule has 0 aliphatic heterocycles. The van der Waals surface area contributed by atoms with Crippen LogP contribution in [0.25, 0.3) is 21.7 Å². The molecule has 1 N–H and O–H groups in total. The van der Waals surface area contributed by atoms with Gasteiger partial charge < -0.3 is 5.32 Å². The molecule has 1 aliphatic carbocycles. The summed E-state index contributed by atoms with van der Waals surface area (Å²) in [5.74, 6) is 0.676. The normalized spacial score (nSPS) is 14.7. The van der Waals surface area contributed by atoms with Crippen LogP contribution in [0.15, 0.2) is 42.5 Å². The SMILES string of the molecule is CCCNc1cc(C2CC2)nc2c1ccc1ccccc12. The fraction of sp³-hybridized carbons (Fsp3) is 0.316. The van der Waals surface area contributed by atoms with Crippen LogP contribution in [-0.4, -0.2) is 11.5 Å². The van der Waals surface area contributed by atoms with Crippen molar-refractivity contribution in [2.45, 2.75) is 32.1 Å². The Morgan fingerprint density at radius 2 is 1.95 bits per heavy atom. The third-order valence-electron chi connectivity index (χ3n) is 4.28. The molecule has 0 spiro atoms. The quantitative estimate of drug-likeness (QED) is 0.671. The lowest BCUT2D eigenvalue weighted by molar-refractivity contribution is 0.976. The van der Waals surface area contributed by atoms with E-state index in [1.807, 2.05) is 0 Å². The number of nitrogens with zero attached hydrogens (tertiary/aromatic N) is 1. The molecule has 0 unspecified atom stereocenters. The average molecular weight is 276 g/mol. The van der Waals surface area contributed by atoms with Crippen molar-refractivity contribution >= 4 is 27.4 Å². The van der Waals surface area contributed by atoms with E-state index in [-0.39, 0.29) is 0 Å². The Balaban J connectivity index is 1.99. The van der Waals surface area contributed by atoms with Crippen LogP contribution in [0.3, 0.4) is 0 Å². The molecular formula is C19H20N2. The van der Waals surface area contributed by atoms with Crippen molar-refractivity contribution in [1.29, 1.82) is 0 Å². The molecule has 0 atom stereocenters. The van der Waals surface area contributed by atoms with E-state index < -0.39 is 0 Å². The van der Waals surface area contributed by atoms with Gasteiger partial charge in [0.25, 0.3) is 0 Å². The van der Waals surface area contributed by atoms with E-state index in [4.69, 9.17) is 4.98 Å². The number of anilines is 1. The molecule has 3 aromatic rings. The number of hydrogen-bond acceptors (Lipinski definition) is 2. The number of rotatable bonds is 4. The van der Waals surface area contributed by atoms with Gasteiger partial charge in [0.2, 0.25) is 0 Å². The molecule has 1 aliphatic rings. The molecule has 4 rings (SSSR count). The van der Waals surface area contributed by atoms with E-state index in [1.165, 1.54) is 40.4 Å². The minimum Gasteiger partial charge on any atom is -0.384 e. The largest absolute Gasteiger partial charge is 0.384 e. The van der Waals surface area contributed by atoms with E-state index in [9.17, 15) is 0 Å². The predicted molar refractivity (Wildman–Crippen MR) is 90.0 cm³/mol. The summed E-state index contributed by atoms with van der Waals surface area (Å²) in [4.78, 5) is 4.99. The van der Waals surface area contributed by atoms with Crippen LogP contribution in [-0.2, 0) is 0 Å². The predicted octanol–water partition coefficient (Wildman–Crippen LogP) is 5.09. The molecular weight excluding hydrogens is 256 g/mol. The van der Waals surface area contributed by atoms with Crippen molar-refractivity contribution in [2.24, 2.45) is 0 Å². The Hall–Kier alpha value is -2.09. The van der Waals surface area contributed by atoms with E-state index in [2.05, 4.69) is 54.7 Å². The maximum Gasteiger partial charge on any atom is 0.0804 e.